The van der Waals surface area contributed by atoms with Crippen molar-refractivity contribution in [3.05, 3.63) is 0 Å². The van der Waals surface area contributed by atoms with Crippen LogP contribution in [0.3, 0.4) is 0 Å². The summed E-state index contributed by atoms with van der Waals surface area (Å²) in [7, 11) is 1.43. The number of carbonyl (C=O) groups is 3. The minimum absolute atomic E-state index is 0.146. The van der Waals surface area contributed by atoms with Crippen LogP contribution < -0.4 is 0 Å². The zero-order valence-corrected chi connectivity index (χ0v) is 10.1. The van der Waals surface area contributed by atoms with Crippen molar-refractivity contribution in [1.29, 1.82) is 0 Å². The quantitative estimate of drug-likeness (QED) is 0.534. The topological polar surface area (TPSA) is 93.1 Å². The van der Waals surface area contributed by atoms with Crippen LogP contribution in [0.2, 0.25) is 0 Å². The number of carboxylic acids is 1. The van der Waals surface area contributed by atoms with Crippen molar-refractivity contribution in [3.8, 4) is 0 Å². The van der Waals surface area contributed by atoms with Gasteiger partial charge in [-0.25, -0.2) is 4.79 Å². The van der Waals surface area contributed by atoms with E-state index in [9.17, 15) is 14.4 Å². The highest BCUT2D eigenvalue weighted by Crippen LogP contribution is 1.96. The molecule has 0 aromatic carbocycles. The molecule has 7 heteroatoms. The van der Waals surface area contributed by atoms with Crippen molar-refractivity contribution in [1.82, 2.24) is 4.90 Å². The van der Waals surface area contributed by atoms with Crippen molar-refractivity contribution in [2.24, 2.45) is 5.92 Å². The van der Waals surface area contributed by atoms with E-state index in [2.05, 4.69) is 9.47 Å². The van der Waals surface area contributed by atoms with Crippen molar-refractivity contribution < 1.29 is 29.0 Å². The first-order valence-electron chi connectivity index (χ1n) is 5.09. The van der Waals surface area contributed by atoms with Crippen LogP contribution in [0.25, 0.3) is 0 Å². The van der Waals surface area contributed by atoms with Crippen LogP contribution in [0.4, 0.5) is 4.79 Å². The third kappa shape index (κ3) is 9.31. The Balaban J connectivity index is 3.85. The molecule has 7 nitrogen and oxygen atoms in total. The van der Waals surface area contributed by atoms with Crippen LogP contribution >= 0.6 is 0 Å². The maximum atomic E-state index is 11.1. The van der Waals surface area contributed by atoms with Crippen LogP contribution in [-0.2, 0) is 19.1 Å². The van der Waals surface area contributed by atoms with Gasteiger partial charge < -0.3 is 14.6 Å². The number of hydrogen-bond donors (Lipinski definition) is 1. The van der Waals surface area contributed by atoms with Gasteiger partial charge in [0.25, 0.3) is 0 Å². The van der Waals surface area contributed by atoms with E-state index in [4.69, 9.17) is 5.11 Å². The number of nitrogens with zero attached hydrogens (tertiary/aromatic N) is 1. The number of carbonyl (C=O) groups excluding carboxylic acids is 2. The van der Waals surface area contributed by atoms with Gasteiger partial charge in [-0.15, -0.1) is 0 Å². The predicted octanol–water partition coefficient (Wildman–Crippen LogP) is 0.339. The molecule has 0 saturated carbocycles. The average Bonchev–Trinajstić information content (AvgIpc) is 2.12. The van der Waals surface area contributed by atoms with E-state index < -0.39 is 18.1 Å². The van der Waals surface area contributed by atoms with Crippen LogP contribution in [0, 0.1) is 5.92 Å². The van der Waals surface area contributed by atoms with Gasteiger partial charge in [0, 0.05) is 0 Å². The SMILES string of the molecule is CC(C)COC(=O)OC(=O)CN(C)CC(=O)O. The summed E-state index contributed by atoms with van der Waals surface area (Å²) in [5.41, 5.74) is 0. The van der Waals surface area contributed by atoms with Gasteiger partial charge in [-0.05, 0) is 13.0 Å². The number of rotatable bonds is 6. The van der Waals surface area contributed by atoms with Crippen LogP contribution in [0.15, 0.2) is 0 Å². The van der Waals surface area contributed by atoms with Gasteiger partial charge in [-0.3, -0.25) is 14.5 Å². The second kappa shape index (κ2) is 7.61. The van der Waals surface area contributed by atoms with Crippen molar-refractivity contribution >= 4 is 18.1 Å². The van der Waals surface area contributed by atoms with Gasteiger partial charge >= 0.3 is 18.1 Å². The number of hydrogen-bond acceptors (Lipinski definition) is 6. The lowest BCUT2D eigenvalue weighted by Crippen LogP contribution is -2.33. The normalized spacial score (nSPS) is 10.4. The lowest BCUT2D eigenvalue weighted by Gasteiger charge is -2.12. The lowest BCUT2D eigenvalue weighted by molar-refractivity contribution is -0.142. The molecule has 0 fully saturated rings. The Kier molecular flexibility index (Phi) is 6.88. The van der Waals surface area contributed by atoms with Crippen molar-refractivity contribution in [3.63, 3.8) is 0 Å². The molecule has 0 saturated heterocycles. The van der Waals surface area contributed by atoms with E-state index >= 15 is 0 Å². The molecule has 0 atom stereocenters. The first kappa shape index (κ1) is 15.4. The lowest BCUT2D eigenvalue weighted by atomic mass is 10.2. The zero-order valence-electron chi connectivity index (χ0n) is 10.1. The molecule has 0 aliphatic heterocycles. The summed E-state index contributed by atoms with van der Waals surface area (Å²) in [4.78, 5) is 33.6. The highest BCUT2D eigenvalue weighted by atomic mass is 16.7. The summed E-state index contributed by atoms with van der Waals surface area (Å²) >= 11 is 0. The number of carboxylic acid groups (broad SMARTS) is 1. The molecule has 98 valence electrons. The molecule has 0 bridgehead atoms. The van der Waals surface area contributed by atoms with E-state index in [1.807, 2.05) is 13.8 Å². The molecule has 0 heterocycles. The Bertz CT molecular complexity index is 289. The smallest absolute Gasteiger partial charge is 0.480 e. The summed E-state index contributed by atoms with van der Waals surface area (Å²) in [5.74, 6) is -1.77. The fraction of sp³-hybridized carbons (Fsp3) is 0.700. The Labute approximate surface area is 99.3 Å². The Morgan fingerprint density at radius 1 is 1.24 bits per heavy atom. The zero-order chi connectivity index (χ0) is 13.4. The Morgan fingerprint density at radius 2 is 1.82 bits per heavy atom. The van der Waals surface area contributed by atoms with E-state index in [-0.39, 0.29) is 25.6 Å². The van der Waals surface area contributed by atoms with Gasteiger partial charge in [0.05, 0.1) is 19.7 Å². The van der Waals surface area contributed by atoms with E-state index in [0.717, 1.165) is 0 Å². The first-order chi connectivity index (χ1) is 7.81. The second-order valence-corrected chi connectivity index (χ2v) is 3.99. The van der Waals surface area contributed by atoms with Crippen molar-refractivity contribution in [2.75, 3.05) is 26.7 Å². The molecule has 0 spiro atoms. The van der Waals surface area contributed by atoms with Gasteiger partial charge in [0.1, 0.15) is 0 Å². The maximum Gasteiger partial charge on any atom is 0.516 e. The molecule has 0 amide bonds. The fourth-order valence-corrected chi connectivity index (χ4v) is 0.897. The highest BCUT2D eigenvalue weighted by Gasteiger charge is 2.15. The highest BCUT2D eigenvalue weighted by molar-refractivity contribution is 5.83. The van der Waals surface area contributed by atoms with Gasteiger partial charge in [-0.2, -0.15) is 0 Å². The van der Waals surface area contributed by atoms with Gasteiger partial charge in [-0.1, -0.05) is 13.8 Å². The second-order valence-electron chi connectivity index (χ2n) is 3.99. The van der Waals surface area contributed by atoms with E-state index in [1.54, 1.807) is 0 Å². The summed E-state index contributed by atoms with van der Waals surface area (Å²) in [5, 5.41) is 8.44. The molecule has 0 aromatic heterocycles. The number of esters is 1. The number of ether oxygens (including phenoxy) is 2. The molecular formula is C10H17NO6. The molecule has 17 heavy (non-hydrogen) atoms. The molecule has 0 radical (unpaired) electrons. The average molecular weight is 247 g/mol. The van der Waals surface area contributed by atoms with E-state index in [1.165, 1.54) is 11.9 Å². The van der Waals surface area contributed by atoms with Gasteiger partial charge in [0.15, 0.2) is 0 Å². The van der Waals surface area contributed by atoms with Crippen LogP contribution in [0.1, 0.15) is 13.8 Å². The molecule has 0 unspecified atom stereocenters. The fourth-order valence-electron chi connectivity index (χ4n) is 0.897. The maximum absolute atomic E-state index is 11.1. The Morgan fingerprint density at radius 3 is 2.29 bits per heavy atom. The van der Waals surface area contributed by atoms with Crippen LogP contribution in [-0.4, -0.2) is 54.8 Å². The first-order valence-corrected chi connectivity index (χ1v) is 5.09. The summed E-state index contributed by atoms with van der Waals surface area (Å²) in [6.45, 7) is 3.25. The van der Waals surface area contributed by atoms with Gasteiger partial charge in [0.2, 0.25) is 0 Å². The van der Waals surface area contributed by atoms with Crippen LogP contribution in [0.5, 0.6) is 0 Å². The molecule has 0 aliphatic carbocycles. The Hall–Kier alpha value is -1.63. The number of likely N-dealkylation sites (N-methyl/N-ethyl adjacent to an activating group) is 1. The third-order valence-electron chi connectivity index (χ3n) is 1.54. The molecular weight excluding hydrogens is 230 g/mol. The summed E-state index contributed by atoms with van der Waals surface area (Å²) in [6, 6.07) is 0. The van der Waals surface area contributed by atoms with E-state index in [0.29, 0.717) is 0 Å². The largest absolute Gasteiger partial charge is 0.516 e. The molecule has 1 N–H and O–H groups in total. The third-order valence-corrected chi connectivity index (χ3v) is 1.54. The summed E-state index contributed by atoms with van der Waals surface area (Å²) in [6.07, 6.45) is -1.06. The molecule has 0 aromatic rings. The minimum Gasteiger partial charge on any atom is -0.480 e. The minimum atomic E-state index is -1.07. The molecule has 0 rings (SSSR count). The van der Waals surface area contributed by atoms with Crippen molar-refractivity contribution in [2.45, 2.75) is 13.8 Å². The standard InChI is InChI=1S/C10H17NO6/c1-7(2)6-16-10(15)17-9(14)5-11(3)4-8(12)13/h7H,4-6H2,1-3H3,(H,12,13). The monoisotopic (exact) mass is 247 g/mol. The number of aliphatic carboxylic acids is 1. The molecule has 0 aliphatic rings. The predicted molar refractivity (Wildman–Crippen MR) is 57.4 cm³/mol. The summed E-state index contributed by atoms with van der Waals surface area (Å²) < 4.78 is 8.94.